The first-order valence-electron chi connectivity index (χ1n) is 31.6. The van der Waals surface area contributed by atoms with Crippen molar-refractivity contribution in [3.8, 4) is 0 Å². The van der Waals surface area contributed by atoms with Gasteiger partial charge in [-0.1, -0.05) is 301 Å². The number of hydrogen-bond acceptors (Lipinski definition) is 5. The predicted molar refractivity (Wildman–Crippen MR) is 306 cm³/mol. The number of amides is 1. The molecule has 0 heterocycles. The Morgan fingerprint density at radius 1 is 0.400 bits per heavy atom. The molecule has 70 heavy (non-hydrogen) atoms. The van der Waals surface area contributed by atoms with Gasteiger partial charge in [0.15, 0.2) is 0 Å². The van der Waals surface area contributed by atoms with Gasteiger partial charge in [0.25, 0.3) is 0 Å². The van der Waals surface area contributed by atoms with Gasteiger partial charge in [-0.3, -0.25) is 9.59 Å². The van der Waals surface area contributed by atoms with Crippen LogP contribution in [0.25, 0.3) is 0 Å². The number of nitrogens with one attached hydrogen (secondary N) is 1. The highest BCUT2D eigenvalue weighted by atomic mass is 16.5. The highest BCUT2D eigenvalue weighted by Crippen LogP contribution is 2.18. The average Bonchev–Trinajstić information content (AvgIpc) is 3.36. The fourth-order valence-corrected chi connectivity index (χ4v) is 9.93. The van der Waals surface area contributed by atoms with Crippen molar-refractivity contribution in [2.45, 2.75) is 360 Å². The van der Waals surface area contributed by atoms with E-state index >= 15 is 0 Å². The van der Waals surface area contributed by atoms with E-state index in [-0.39, 0.29) is 18.5 Å². The maximum atomic E-state index is 12.5. The van der Waals surface area contributed by atoms with Crippen LogP contribution in [-0.4, -0.2) is 47.4 Å². The Bertz CT molecular complexity index is 1090. The minimum absolute atomic E-state index is 0.00802. The van der Waals surface area contributed by atoms with Crippen molar-refractivity contribution in [1.82, 2.24) is 5.32 Å². The lowest BCUT2D eigenvalue weighted by molar-refractivity contribution is -0.143. The van der Waals surface area contributed by atoms with E-state index < -0.39 is 12.1 Å². The maximum absolute atomic E-state index is 12.5. The molecule has 0 bridgehead atoms. The minimum atomic E-state index is -0.671. The number of rotatable bonds is 59. The molecule has 1 amide bonds. The Morgan fingerprint density at radius 3 is 1.06 bits per heavy atom. The van der Waals surface area contributed by atoms with Crippen LogP contribution in [0.3, 0.4) is 0 Å². The third-order valence-electron chi connectivity index (χ3n) is 14.8. The van der Waals surface area contributed by atoms with Crippen LogP contribution < -0.4 is 5.32 Å². The SMILES string of the molecule is CCCCCCCCCCCCCCCCCCCCCC(=O)OCCCCC/C=C\C=C/CCCCCCCCCCCCC(=O)NC(CO)C(O)CCCCCCCCCCCCCCCCC. The topological polar surface area (TPSA) is 95.9 Å². The molecule has 414 valence electrons. The van der Waals surface area contributed by atoms with E-state index in [9.17, 15) is 19.8 Å². The first-order chi connectivity index (χ1) is 34.5. The van der Waals surface area contributed by atoms with E-state index in [0.717, 1.165) is 70.6 Å². The average molecular weight is 987 g/mol. The third kappa shape index (κ3) is 55.7. The van der Waals surface area contributed by atoms with E-state index in [2.05, 4.69) is 43.5 Å². The van der Waals surface area contributed by atoms with Gasteiger partial charge in [-0.05, 0) is 57.8 Å². The second-order valence-corrected chi connectivity index (χ2v) is 21.8. The summed E-state index contributed by atoms with van der Waals surface area (Å²) in [7, 11) is 0. The number of aliphatic hydroxyl groups is 2. The lowest BCUT2D eigenvalue weighted by Gasteiger charge is -2.22. The zero-order valence-electron chi connectivity index (χ0n) is 47.3. The molecule has 6 heteroatoms. The molecule has 2 atom stereocenters. The molecule has 0 radical (unpaired) electrons. The van der Waals surface area contributed by atoms with Gasteiger partial charge in [0.1, 0.15) is 0 Å². The first-order valence-corrected chi connectivity index (χ1v) is 31.6. The van der Waals surface area contributed by atoms with Crippen LogP contribution in [0.1, 0.15) is 348 Å². The Hall–Kier alpha value is -1.66. The van der Waals surface area contributed by atoms with Crippen LogP contribution in [-0.2, 0) is 14.3 Å². The minimum Gasteiger partial charge on any atom is -0.466 e. The molecule has 0 aliphatic heterocycles. The van der Waals surface area contributed by atoms with Crippen LogP contribution in [0, 0.1) is 0 Å². The number of esters is 1. The molecular formula is C64H123NO5. The standard InChI is InChI=1S/C64H123NO5/c1-3-5-7-9-11-13-15-17-19-20-22-26-30-34-38-42-46-50-54-58-64(69)70-59-55-51-47-43-39-35-31-27-24-21-23-25-29-33-37-41-45-49-53-57-63(68)65-61(60-66)62(67)56-52-48-44-40-36-32-28-18-16-14-12-10-8-6-4-2/h27,31,35,39,61-62,66-67H,3-26,28-30,32-34,36-38,40-60H2,1-2H3,(H,65,68)/b31-27-,39-35-. The highest BCUT2D eigenvalue weighted by Gasteiger charge is 2.20. The number of aliphatic hydroxyl groups excluding tert-OH is 2. The van der Waals surface area contributed by atoms with Crippen molar-refractivity contribution in [3.63, 3.8) is 0 Å². The van der Waals surface area contributed by atoms with Crippen LogP contribution in [0.4, 0.5) is 0 Å². The summed E-state index contributed by atoms with van der Waals surface area (Å²) in [5.74, 6) is -0.0509. The number of allylic oxidation sites excluding steroid dienone is 4. The lowest BCUT2D eigenvalue weighted by atomic mass is 10.0. The molecule has 0 rings (SSSR count). The van der Waals surface area contributed by atoms with Gasteiger partial charge < -0.3 is 20.3 Å². The van der Waals surface area contributed by atoms with Gasteiger partial charge in [0.05, 0.1) is 25.4 Å². The molecule has 0 spiro atoms. The quantitative estimate of drug-likeness (QED) is 0.0321. The van der Waals surface area contributed by atoms with Gasteiger partial charge in [0.2, 0.25) is 5.91 Å². The molecule has 0 fully saturated rings. The first kappa shape index (κ1) is 68.3. The van der Waals surface area contributed by atoms with E-state index in [0.29, 0.717) is 25.9 Å². The Labute approximate surface area is 437 Å². The molecule has 0 aromatic carbocycles. The zero-order chi connectivity index (χ0) is 50.7. The van der Waals surface area contributed by atoms with Crippen LogP contribution in [0.2, 0.25) is 0 Å². The molecule has 0 saturated carbocycles. The number of unbranched alkanes of at least 4 members (excludes halogenated alkanes) is 45. The molecule has 3 N–H and O–H groups in total. The van der Waals surface area contributed by atoms with E-state index in [1.165, 1.54) is 244 Å². The summed E-state index contributed by atoms with van der Waals surface area (Å²) in [4.78, 5) is 24.6. The van der Waals surface area contributed by atoms with Gasteiger partial charge in [0, 0.05) is 12.8 Å². The largest absolute Gasteiger partial charge is 0.466 e. The summed E-state index contributed by atoms with van der Waals surface area (Å²) in [6.45, 7) is 4.94. The highest BCUT2D eigenvalue weighted by molar-refractivity contribution is 5.76. The summed E-state index contributed by atoms with van der Waals surface area (Å²) >= 11 is 0. The van der Waals surface area contributed by atoms with E-state index in [1.807, 2.05) is 0 Å². The summed E-state index contributed by atoms with van der Waals surface area (Å²) < 4.78 is 5.48. The molecule has 0 aromatic heterocycles. The van der Waals surface area contributed by atoms with Crippen molar-refractivity contribution in [3.05, 3.63) is 24.3 Å². The second-order valence-electron chi connectivity index (χ2n) is 21.8. The fraction of sp³-hybridized carbons (Fsp3) is 0.906. The Balaban J connectivity index is 3.44. The predicted octanol–water partition coefficient (Wildman–Crippen LogP) is 19.8. The molecule has 0 saturated heterocycles. The summed E-state index contributed by atoms with van der Waals surface area (Å²) in [6.07, 6.45) is 73.3. The monoisotopic (exact) mass is 986 g/mol. The molecule has 0 aliphatic carbocycles. The third-order valence-corrected chi connectivity index (χ3v) is 14.8. The summed E-state index contributed by atoms with van der Waals surface area (Å²) in [6, 6.07) is -0.549. The molecule has 0 aliphatic rings. The van der Waals surface area contributed by atoms with Gasteiger partial charge >= 0.3 is 5.97 Å². The van der Waals surface area contributed by atoms with Crippen LogP contribution >= 0.6 is 0 Å². The van der Waals surface area contributed by atoms with Gasteiger partial charge in [-0.25, -0.2) is 0 Å². The summed E-state index contributed by atoms with van der Waals surface area (Å²) in [5, 5.41) is 23.3. The summed E-state index contributed by atoms with van der Waals surface area (Å²) in [5.41, 5.74) is 0. The van der Waals surface area contributed by atoms with Gasteiger partial charge in [-0.2, -0.15) is 0 Å². The van der Waals surface area contributed by atoms with E-state index in [4.69, 9.17) is 4.74 Å². The maximum Gasteiger partial charge on any atom is 0.305 e. The number of carbonyl (C=O) groups excluding carboxylic acids is 2. The van der Waals surface area contributed by atoms with Crippen molar-refractivity contribution >= 4 is 11.9 Å². The second kappa shape index (κ2) is 59.9. The Kier molecular flexibility index (Phi) is 58.5. The number of hydrogen-bond donors (Lipinski definition) is 3. The Morgan fingerprint density at radius 2 is 0.700 bits per heavy atom. The van der Waals surface area contributed by atoms with Crippen molar-refractivity contribution in [2.75, 3.05) is 13.2 Å². The van der Waals surface area contributed by atoms with E-state index in [1.54, 1.807) is 0 Å². The smallest absolute Gasteiger partial charge is 0.305 e. The van der Waals surface area contributed by atoms with Crippen molar-refractivity contribution < 1.29 is 24.5 Å². The number of carbonyl (C=O) groups is 2. The van der Waals surface area contributed by atoms with Crippen LogP contribution in [0.5, 0.6) is 0 Å². The molecule has 0 aromatic rings. The zero-order valence-corrected chi connectivity index (χ0v) is 47.3. The molecule has 2 unspecified atom stereocenters. The van der Waals surface area contributed by atoms with Crippen molar-refractivity contribution in [1.29, 1.82) is 0 Å². The van der Waals surface area contributed by atoms with Crippen LogP contribution in [0.15, 0.2) is 24.3 Å². The normalized spacial score (nSPS) is 12.7. The van der Waals surface area contributed by atoms with Crippen molar-refractivity contribution in [2.24, 2.45) is 0 Å². The lowest BCUT2D eigenvalue weighted by Crippen LogP contribution is -2.45. The molecule has 6 nitrogen and oxygen atoms in total. The molecular weight excluding hydrogens is 863 g/mol. The van der Waals surface area contributed by atoms with Gasteiger partial charge in [-0.15, -0.1) is 0 Å². The fourth-order valence-electron chi connectivity index (χ4n) is 9.93. The number of ether oxygens (including phenoxy) is 1.